The molecule has 1 saturated heterocycles. The van der Waals surface area contributed by atoms with Crippen molar-refractivity contribution in [1.82, 2.24) is 15.1 Å². The highest BCUT2D eigenvalue weighted by molar-refractivity contribution is 5.51. The summed E-state index contributed by atoms with van der Waals surface area (Å²) in [5.74, 6) is 1.59. The second kappa shape index (κ2) is 4.63. The van der Waals surface area contributed by atoms with E-state index in [-0.39, 0.29) is 0 Å². The fourth-order valence-corrected chi connectivity index (χ4v) is 2.03. The highest BCUT2D eigenvalue weighted by Gasteiger charge is 2.19. The van der Waals surface area contributed by atoms with Crippen molar-refractivity contribution in [1.29, 1.82) is 5.26 Å². The number of hydrogen-bond acceptors (Lipinski definition) is 5. The molecule has 0 aliphatic carbocycles. The number of ether oxygens (including phenoxy) is 1. The fraction of sp³-hybridized carbons (Fsp3) is 0.417. The van der Waals surface area contributed by atoms with Crippen molar-refractivity contribution in [3.63, 3.8) is 0 Å². The Morgan fingerprint density at radius 1 is 1.56 bits per heavy atom. The number of nitrogens with zero attached hydrogens (tertiary/aromatic N) is 3. The van der Waals surface area contributed by atoms with Gasteiger partial charge in [0.2, 0.25) is 0 Å². The summed E-state index contributed by atoms with van der Waals surface area (Å²) in [6.07, 6.45) is 3.43. The van der Waals surface area contributed by atoms with E-state index in [0.717, 1.165) is 26.1 Å². The zero-order chi connectivity index (χ0) is 12.4. The van der Waals surface area contributed by atoms with Crippen molar-refractivity contribution in [2.24, 2.45) is 5.92 Å². The monoisotopic (exact) mass is 244 g/mol. The molecule has 1 aliphatic heterocycles. The van der Waals surface area contributed by atoms with E-state index in [1.165, 1.54) is 0 Å². The predicted octanol–water partition coefficient (Wildman–Crippen LogP) is 1.52. The van der Waals surface area contributed by atoms with Gasteiger partial charge in [0.1, 0.15) is 11.8 Å². The molecule has 2 aromatic rings. The van der Waals surface area contributed by atoms with E-state index in [0.29, 0.717) is 28.9 Å². The predicted molar refractivity (Wildman–Crippen MR) is 61.4 cm³/mol. The Hall–Kier alpha value is -2.13. The fourth-order valence-electron chi connectivity index (χ4n) is 2.03. The van der Waals surface area contributed by atoms with Crippen LogP contribution in [0.15, 0.2) is 16.8 Å². The zero-order valence-corrected chi connectivity index (χ0v) is 9.72. The van der Waals surface area contributed by atoms with Crippen molar-refractivity contribution < 1.29 is 9.26 Å². The first-order valence-corrected chi connectivity index (χ1v) is 5.84. The Labute approximate surface area is 104 Å². The molecule has 2 aromatic heterocycles. The van der Waals surface area contributed by atoms with Gasteiger partial charge in [0.05, 0.1) is 5.56 Å². The minimum Gasteiger partial charge on any atom is -0.381 e. The molecule has 3 heterocycles. The molecule has 0 radical (unpaired) electrons. The van der Waals surface area contributed by atoms with Crippen molar-refractivity contribution >= 4 is 0 Å². The third-order valence-corrected chi connectivity index (χ3v) is 3.01. The molecule has 0 saturated carbocycles. The van der Waals surface area contributed by atoms with Gasteiger partial charge in [0.15, 0.2) is 5.82 Å². The summed E-state index contributed by atoms with van der Waals surface area (Å²) < 4.78 is 10.5. The van der Waals surface area contributed by atoms with Gasteiger partial charge in [-0.15, -0.1) is 0 Å². The SMILES string of the molecule is N#Cc1c[nH]c(-c2nc(CC3CCOC3)no2)c1. The number of nitrogens with one attached hydrogen (secondary N) is 1. The summed E-state index contributed by atoms with van der Waals surface area (Å²) in [7, 11) is 0. The second-order valence-corrected chi connectivity index (χ2v) is 4.36. The zero-order valence-electron chi connectivity index (χ0n) is 9.72. The Balaban J connectivity index is 1.74. The summed E-state index contributed by atoms with van der Waals surface area (Å²) in [6.45, 7) is 1.59. The lowest BCUT2D eigenvalue weighted by atomic mass is 10.1. The van der Waals surface area contributed by atoms with E-state index in [1.807, 2.05) is 6.07 Å². The molecule has 1 N–H and O–H groups in total. The Morgan fingerprint density at radius 2 is 2.50 bits per heavy atom. The third kappa shape index (κ3) is 2.13. The van der Waals surface area contributed by atoms with E-state index >= 15 is 0 Å². The van der Waals surface area contributed by atoms with Gasteiger partial charge in [0.25, 0.3) is 5.89 Å². The smallest absolute Gasteiger partial charge is 0.274 e. The Kier molecular flexibility index (Phi) is 2.82. The van der Waals surface area contributed by atoms with Crippen molar-refractivity contribution in [3.05, 3.63) is 23.7 Å². The molecule has 18 heavy (non-hydrogen) atoms. The molecule has 0 bridgehead atoms. The molecule has 0 spiro atoms. The van der Waals surface area contributed by atoms with Crippen LogP contribution in [0.25, 0.3) is 11.6 Å². The highest BCUT2D eigenvalue weighted by Crippen LogP contribution is 2.20. The topological polar surface area (TPSA) is 87.7 Å². The number of hydrogen-bond donors (Lipinski definition) is 1. The standard InChI is InChI=1S/C12H12N4O2/c13-5-9-3-10(14-6-9)12-15-11(16-18-12)4-8-1-2-17-7-8/h3,6,8,14H,1-2,4,7H2. The van der Waals surface area contributed by atoms with Crippen LogP contribution in [0, 0.1) is 17.2 Å². The van der Waals surface area contributed by atoms with E-state index in [4.69, 9.17) is 14.5 Å². The molecule has 1 unspecified atom stereocenters. The van der Waals surface area contributed by atoms with Crippen molar-refractivity contribution in [2.45, 2.75) is 12.8 Å². The summed E-state index contributed by atoms with van der Waals surface area (Å²) in [6, 6.07) is 3.74. The van der Waals surface area contributed by atoms with Crippen LogP contribution in [0.2, 0.25) is 0 Å². The normalized spacial score (nSPS) is 18.9. The molecule has 6 heteroatoms. The molecule has 0 aromatic carbocycles. The van der Waals surface area contributed by atoms with Crippen molar-refractivity contribution in [3.8, 4) is 17.7 Å². The first-order chi connectivity index (χ1) is 8.85. The molecular weight excluding hydrogens is 232 g/mol. The lowest BCUT2D eigenvalue weighted by molar-refractivity contribution is 0.185. The van der Waals surface area contributed by atoms with Crippen LogP contribution < -0.4 is 0 Å². The quantitative estimate of drug-likeness (QED) is 0.884. The maximum atomic E-state index is 8.74. The molecule has 1 atom stereocenters. The summed E-state index contributed by atoms with van der Waals surface area (Å²) in [4.78, 5) is 7.25. The molecule has 6 nitrogen and oxygen atoms in total. The van der Waals surface area contributed by atoms with Gasteiger partial charge < -0.3 is 14.2 Å². The Morgan fingerprint density at radius 3 is 3.22 bits per heavy atom. The maximum Gasteiger partial charge on any atom is 0.274 e. The van der Waals surface area contributed by atoms with Crippen LogP contribution in [0.3, 0.4) is 0 Å². The minimum atomic E-state index is 0.422. The molecule has 3 rings (SSSR count). The average Bonchev–Trinajstić information content (AvgIpc) is 3.09. The van der Waals surface area contributed by atoms with Gasteiger partial charge in [-0.3, -0.25) is 0 Å². The number of rotatable bonds is 3. The molecule has 0 amide bonds. The van der Waals surface area contributed by atoms with E-state index in [2.05, 4.69) is 15.1 Å². The molecule has 1 fully saturated rings. The highest BCUT2D eigenvalue weighted by atomic mass is 16.5. The van der Waals surface area contributed by atoms with Crippen LogP contribution in [0.1, 0.15) is 17.8 Å². The average molecular weight is 244 g/mol. The second-order valence-electron chi connectivity index (χ2n) is 4.36. The lowest BCUT2D eigenvalue weighted by Gasteiger charge is -2.00. The first-order valence-electron chi connectivity index (χ1n) is 5.84. The van der Waals surface area contributed by atoms with E-state index in [1.54, 1.807) is 12.3 Å². The molecule has 1 aliphatic rings. The van der Waals surface area contributed by atoms with Gasteiger partial charge >= 0.3 is 0 Å². The van der Waals surface area contributed by atoms with Gasteiger partial charge in [-0.25, -0.2) is 0 Å². The Bertz CT molecular complexity index is 575. The third-order valence-electron chi connectivity index (χ3n) is 3.01. The maximum absolute atomic E-state index is 8.74. The van der Waals surface area contributed by atoms with Crippen LogP contribution in [0.4, 0.5) is 0 Å². The summed E-state index contributed by atoms with van der Waals surface area (Å²) >= 11 is 0. The number of H-pyrrole nitrogens is 1. The van der Waals surface area contributed by atoms with Crippen molar-refractivity contribution in [2.75, 3.05) is 13.2 Å². The van der Waals surface area contributed by atoms with Gasteiger partial charge in [-0.1, -0.05) is 5.16 Å². The summed E-state index contributed by atoms with van der Waals surface area (Å²) in [5.41, 5.74) is 1.22. The van der Waals surface area contributed by atoms with Crippen LogP contribution in [-0.4, -0.2) is 28.3 Å². The lowest BCUT2D eigenvalue weighted by Crippen LogP contribution is -2.04. The van der Waals surface area contributed by atoms with Gasteiger partial charge in [-0.2, -0.15) is 10.2 Å². The number of aromatic amines is 1. The van der Waals surface area contributed by atoms with Crippen LogP contribution in [-0.2, 0) is 11.2 Å². The minimum absolute atomic E-state index is 0.422. The van der Waals surface area contributed by atoms with Gasteiger partial charge in [0, 0.05) is 25.8 Å². The first kappa shape index (κ1) is 11.0. The largest absolute Gasteiger partial charge is 0.381 e. The van der Waals surface area contributed by atoms with Crippen LogP contribution >= 0.6 is 0 Å². The van der Waals surface area contributed by atoms with E-state index in [9.17, 15) is 0 Å². The van der Waals surface area contributed by atoms with Crippen LogP contribution in [0.5, 0.6) is 0 Å². The van der Waals surface area contributed by atoms with E-state index < -0.39 is 0 Å². The number of nitriles is 1. The number of aromatic nitrogens is 3. The molecule has 92 valence electrons. The van der Waals surface area contributed by atoms with Gasteiger partial charge in [-0.05, 0) is 18.4 Å². The summed E-state index contributed by atoms with van der Waals surface area (Å²) in [5, 5.41) is 12.7. The molecular formula is C12H12N4O2.